The van der Waals surface area contributed by atoms with Crippen molar-refractivity contribution in [3.05, 3.63) is 0 Å². The lowest BCUT2D eigenvalue weighted by Crippen LogP contribution is -2.51. The normalized spacial score (nSPS) is 26.2. The summed E-state index contributed by atoms with van der Waals surface area (Å²) >= 11 is 0. The molecule has 2 fully saturated rings. The Bertz CT molecular complexity index is 237. The van der Waals surface area contributed by atoms with Crippen LogP contribution in [0.1, 0.15) is 33.1 Å². The van der Waals surface area contributed by atoms with E-state index in [2.05, 4.69) is 29.0 Å². The van der Waals surface area contributed by atoms with Gasteiger partial charge in [0.2, 0.25) is 0 Å². The number of aliphatic hydroxyl groups excluding tert-OH is 1. The van der Waals surface area contributed by atoms with Crippen molar-refractivity contribution in [3.63, 3.8) is 0 Å². The molecule has 0 amide bonds. The first-order valence-electron chi connectivity index (χ1n) is 7.57. The van der Waals surface area contributed by atoms with Crippen molar-refractivity contribution in [2.24, 2.45) is 0 Å². The Kier molecular flexibility index (Phi) is 5.42. The minimum absolute atomic E-state index is 0.208. The summed E-state index contributed by atoms with van der Waals surface area (Å²) in [5, 5.41) is 13.4. The fourth-order valence-corrected chi connectivity index (χ4v) is 2.60. The van der Waals surface area contributed by atoms with Crippen molar-refractivity contribution in [1.29, 1.82) is 0 Å². The van der Waals surface area contributed by atoms with E-state index in [1.807, 2.05) is 0 Å². The van der Waals surface area contributed by atoms with E-state index in [4.69, 9.17) is 0 Å². The van der Waals surface area contributed by atoms with E-state index in [0.717, 1.165) is 39.3 Å². The standard InChI is InChI=1S/C14H29N3O/c1-3-12(2)17-8-6-16(7-9-17)11-14(18)10-15-13-4-5-13/h12-15,18H,3-11H2,1-2H3. The number of β-amino-alcohol motifs (C(OH)–C–C–N with tert-alkyl or cyclic N) is 1. The summed E-state index contributed by atoms with van der Waals surface area (Å²) in [6, 6.07) is 1.40. The molecule has 1 saturated carbocycles. The zero-order valence-corrected chi connectivity index (χ0v) is 11.9. The highest BCUT2D eigenvalue weighted by Gasteiger charge is 2.24. The van der Waals surface area contributed by atoms with Crippen molar-refractivity contribution in [3.8, 4) is 0 Å². The predicted molar refractivity (Wildman–Crippen MR) is 74.8 cm³/mol. The van der Waals surface area contributed by atoms with Crippen LogP contribution in [0.2, 0.25) is 0 Å². The molecule has 2 aliphatic rings. The van der Waals surface area contributed by atoms with E-state index in [0.29, 0.717) is 12.1 Å². The van der Waals surface area contributed by atoms with Crippen LogP contribution in [0.5, 0.6) is 0 Å². The monoisotopic (exact) mass is 255 g/mol. The van der Waals surface area contributed by atoms with Crippen LogP contribution in [0, 0.1) is 0 Å². The molecule has 106 valence electrons. The molecule has 1 aliphatic carbocycles. The lowest BCUT2D eigenvalue weighted by Gasteiger charge is -2.38. The average molecular weight is 255 g/mol. The fraction of sp³-hybridized carbons (Fsp3) is 1.00. The maximum absolute atomic E-state index is 9.98. The van der Waals surface area contributed by atoms with Crippen molar-refractivity contribution in [1.82, 2.24) is 15.1 Å². The van der Waals surface area contributed by atoms with Gasteiger partial charge < -0.3 is 10.4 Å². The molecule has 2 unspecified atom stereocenters. The largest absolute Gasteiger partial charge is 0.390 e. The third-order valence-electron chi connectivity index (χ3n) is 4.31. The van der Waals surface area contributed by atoms with Crippen molar-refractivity contribution in [2.45, 2.75) is 51.3 Å². The maximum atomic E-state index is 9.98. The van der Waals surface area contributed by atoms with E-state index < -0.39 is 0 Å². The number of hydrogen-bond acceptors (Lipinski definition) is 4. The number of piperazine rings is 1. The first kappa shape index (κ1) is 14.3. The molecule has 2 atom stereocenters. The van der Waals surface area contributed by atoms with Crippen LogP contribution < -0.4 is 5.32 Å². The lowest BCUT2D eigenvalue weighted by molar-refractivity contribution is 0.0585. The van der Waals surface area contributed by atoms with Crippen molar-refractivity contribution < 1.29 is 5.11 Å². The van der Waals surface area contributed by atoms with Gasteiger partial charge in [-0.05, 0) is 26.2 Å². The topological polar surface area (TPSA) is 38.7 Å². The first-order valence-corrected chi connectivity index (χ1v) is 7.57. The summed E-state index contributed by atoms with van der Waals surface area (Å²) in [6.07, 6.45) is 3.61. The second-order valence-corrected chi connectivity index (χ2v) is 5.93. The lowest BCUT2D eigenvalue weighted by atomic mass is 10.2. The van der Waals surface area contributed by atoms with Crippen LogP contribution in [0.25, 0.3) is 0 Å². The molecule has 1 aliphatic heterocycles. The molecule has 1 saturated heterocycles. The molecule has 0 aromatic carbocycles. The summed E-state index contributed by atoms with van der Waals surface area (Å²) in [4.78, 5) is 4.96. The molecule has 18 heavy (non-hydrogen) atoms. The molecular formula is C14H29N3O. The summed E-state index contributed by atoms with van der Waals surface area (Å²) in [6.45, 7) is 10.7. The third-order valence-corrected chi connectivity index (χ3v) is 4.31. The summed E-state index contributed by atoms with van der Waals surface area (Å²) in [5.41, 5.74) is 0. The van der Waals surface area contributed by atoms with E-state index in [1.165, 1.54) is 19.3 Å². The Morgan fingerprint density at radius 1 is 1.22 bits per heavy atom. The molecule has 0 radical (unpaired) electrons. The highest BCUT2D eigenvalue weighted by Crippen LogP contribution is 2.18. The van der Waals surface area contributed by atoms with Crippen LogP contribution in [-0.2, 0) is 0 Å². The Morgan fingerprint density at radius 2 is 1.89 bits per heavy atom. The summed E-state index contributed by atoms with van der Waals surface area (Å²) in [5.74, 6) is 0. The van der Waals surface area contributed by atoms with Crippen LogP contribution in [0.4, 0.5) is 0 Å². The molecule has 2 N–H and O–H groups in total. The predicted octanol–water partition coefficient (Wildman–Crippen LogP) is 0.515. The van der Waals surface area contributed by atoms with Gasteiger partial charge in [-0.2, -0.15) is 0 Å². The smallest absolute Gasteiger partial charge is 0.0791 e. The van der Waals surface area contributed by atoms with Crippen LogP contribution in [-0.4, -0.2) is 72.4 Å². The Balaban J connectivity index is 1.59. The number of aliphatic hydroxyl groups is 1. The van der Waals surface area contributed by atoms with Crippen molar-refractivity contribution >= 4 is 0 Å². The van der Waals surface area contributed by atoms with E-state index >= 15 is 0 Å². The zero-order valence-electron chi connectivity index (χ0n) is 11.9. The van der Waals surface area contributed by atoms with Gasteiger partial charge in [0, 0.05) is 51.4 Å². The van der Waals surface area contributed by atoms with Gasteiger partial charge in [0.1, 0.15) is 0 Å². The Morgan fingerprint density at radius 3 is 2.44 bits per heavy atom. The molecule has 0 bridgehead atoms. The van der Waals surface area contributed by atoms with E-state index in [9.17, 15) is 5.11 Å². The Hall–Kier alpha value is -0.160. The quantitative estimate of drug-likeness (QED) is 0.695. The molecule has 4 nitrogen and oxygen atoms in total. The molecule has 0 spiro atoms. The van der Waals surface area contributed by atoms with Crippen LogP contribution >= 0.6 is 0 Å². The van der Waals surface area contributed by atoms with Gasteiger partial charge in [0.05, 0.1) is 6.10 Å². The number of rotatable bonds is 7. The van der Waals surface area contributed by atoms with Gasteiger partial charge in [-0.1, -0.05) is 6.92 Å². The second kappa shape index (κ2) is 6.85. The third kappa shape index (κ3) is 4.50. The minimum atomic E-state index is -0.208. The first-order chi connectivity index (χ1) is 8.69. The number of nitrogens with one attached hydrogen (secondary N) is 1. The molecule has 0 aromatic heterocycles. The fourth-order valence-electron chi connectivity index (χ4n) is 2.60. The minimum Gasteiger partial charge on any atom is -0.390 e. The van der Waals surface area contributed by atoms with Crippen LogP contribution in [0.15, 0.2) is 0 Å². The van der Waals surface area contributed by atoms with Gasteiger partial charge in [0.25, 0.3) is 0 Å². The van der Waals surface area contributed by atoms with Gasteiger partial charge in [-0.3, -0.25) is 9.80 Å². The highest BCUT2D eigenvalue weighted by atomic mass is 16.3. The van der Waals surface area contributed by atoms with Gasteiger partial charge in [-0.15, -0.1) is 0 Å². The number of nitrogens with zero attached hydrogens (tertiary/aromatic N) is 2. The zero-order chi connectivity index (χ0) is 13.0. The van der Waals surface area contributed by atoms with Gasteiger partial charge in [0.15, 0.2) is 0 Å². The van der Waals surface area contributed by atoms with E-state index in [-0.39, 0.29) is 6.10 Å². The van der Waals surface area contributed by atoms with E-state index in [1.54, 1.807) is 0 Å². The number of hydrogen-bond donors (Lipinski definition) is 2. The second-order valence-electron chi connectivity index (χ2n) is 5.93. The van der Waals surface area contributed by atoms with Crippen LogP contribution in [0.3, 0.4) is 0 Å². The van der Waals surface area contributed by atoms with Gasteiger partial charge in [-0.25, -0.2) is 0 Å². The molecule has 1 heterocycles. The molecule has 0 aromatic rings. The Labute approximate surface area is 111 Å². The highest BCUT2D eigenvalue weighted by molar-refractivity contribution is 4.83. The summed E-state index contributed by atoms with van der Waals surface area (Å²) < 4.78 is 0. The van der Waals surface area contributed by atoms with Gasteiger partial charge >= 0.3 is 0 Å². The molecule has 2 rings (SSSR count). The maximum Gasteiger partial charge on any atom is 0.0791 e. The van der Waals surface area contributed by atoms with Crippen molar-refractivity contribution in [2.75, 3.05) is 39.3 Å². The summed E-state index contributed by atoms with van der Waals surface area (Å²) in [7, 11) is 0. The molecular weight excluding hydrogens is 226 g/mol. The SMILES string of the molecule is CCC(C)N1CCN(CC(O)CNC2CC2)CC1. The molecule has 4 heteroatoms. The average Bonchev–Trinajstić information content (AvgIpc) is 3.20.